The molecule has 0 bridgehead atoms. The topological polar surface area (TPSA) is 59.9 Å². The van der Waals surface area contributed by atoms with Crippen molar-refractivity contribution in [3.05, 3.63) is 58.7 Å². The van der Waals surface area contributed by atoms with Crippen LogP contribution in [0.4, 0.5) is 0 Å². The third-order valence-electron chi connectivity index (χ3n) is 2.74. The number of carbonyl (C=O) groups excluding carboxylic acids is 2. The molecule has 1 heterocycles. The second kappa shape index (κ2) is 3.31. The first-order valence-corrected chi connectivity index (χ1v) is 5.20. The third kappa shape index (κ3) is 1.30. The first-order valence-electron chi connectivity index (χ1n) is 5.20. The predicted molar refractivity (Wildman–Crippen MR) is 60.1 cm³/mol. The summed E-state index contributed by atoms with van der Waals surface area (Å²) in [5, 5.41) is 0. The van der Waals surface area contributed by atoms with Gasteiger partial charge in [-0.15, -0.1) is 0 Å². The summed E-state index contributed by atoms with van der Waals surface area (Å²) in [6.45, 7) is 1.74. The van der Waals surface area contributed by atoms with Gasteiger partial charge < -0.3 is 0 Å². The second-order valence-corrected chi connectivity index (χ2v) is 3.91. The fourth-order valence-electron chi connectivity index (χ4n) is 1.94. The molecule has 4 nitrogen and oxygen atoms in total. The maximum Gasteiger partial charge on any atom is 0.214 e. The van der Waals surface area contributed by atoms with Gasteiger partial charge >= 0.3 is 0 Å². The normalized spacial score (nSPS) is 13.2. The lowest BCUT2D eigenvalue weighted by molar-refractivity contribution is 0.0971. The van der Waals surface area contributed by atoms with Gasteiger partial charge in [0.1, 0.15) is 11.4 Å². The lowest BCUT2D eigenvalue weighted by atomic mass is 9.90. The van der Waals surface area contributed by atoms with Crippen LogP contribution in [0.1, 0.15) is 37.8 Å². The average Bonchev–Trinajstić information content (AvgIpc) is 2.36. The van der Waals surface area contributed by atoms with E-state index in [-0.39, 0.29) is 23.0 Å². The molecule has 0 N–H and O–H groups in total. The highest BCUT2D eigenvalue weighted by molar-refractivity contribution is 6.26. The first-order chi connectivity index (χ1) is 8.18. The minimum Gasteiger partial charge on any atom is -0.287 e. The molecule has 0 radical (unpaired) electrons. The van der Waals surface area contributed by atoms with Crippen molar-refractivity contribution in [1.29, 1.82) is 0 Å². The molecule has 0 spiro atoms. The quantitative estimate of drug-likeness (QED) is 0.581. The first kappa shape index (κ1) is 9.84. The van der Waals surface area contributed by atoms with E-state index in [2.05, 4.69) is 9.97 Å². The van der Waals surface area contributed by atoms with Gasteiger partial charge in [0.25, 0.3) is 0 Å². The van der Waals surface area contributed by atoms with Crippen molar-refractivity contribution in [3.8, 4) is 0 Å². The summed E-state index contributed by atoms with van der Waals surface area (Å²) in [7, 11) is 0. The van der Waals surface area contributed by atoms with Crippen molar-refractivity contribution in [2.45, 2.75) is 6.92 Å². The molecule has 1 aliphatic carbocycles. The number of nitrogens with zero attached hydrogens (tertiary/aromatic N) is 2. The van der Waals surface area contributed by atoms with Crippen LogP contribution in [0.3, 0.4) is 0 Å². The van der Waals surface area contributed by atoms with Gasteiger partial charge in [-0.2, -0.15) is 0 Å². The molecular formula is C13H8N2O2. The van der Waals surface area contributed by atoms with Gasteiger partial charge in [-0.3, -0.25) is 9.59 Å². The summed E-state index contributed by atoms with van der Waals surface area (Å²) < 4.78 is 0. The van der Waals surface area contributed by atoms with Crippen LogP contribution in [0.2, 0.25) is 0 Å². The van der Waals surface area contributed by atoms with E-state index in [1.165, 1.54) is 6.20 Å². The Balaban J connectivity index is 2.33. The fraction of sp³-hybridized carbons (Fsp3) is 0.0769. The lowest BCUT2D eigenvalue weighted by Crippen LogP contribution is -2.23. The molecule has 0 saturated heterocycles. The molecule has 4 heteroatoms. The Morgan fingerprint density at radius 1 is 0.941 bits per heavy atom. The smallest absolute Gasteiger partial charge is 0.214 e. The summed E-state index contributed by atoms with van der Waals surface area (Å²) in [5.74, 6) is -0.464. The van der Waals surface area contributed by atoms with Crippen LogP contribution in [0.5, 0.6) is 0 Å². The van der Waals surface area contributed by atoms with Gasteiger partial charge in [0.15, 0.2) is 0 Å². The van der Waals surface area contributed by atoms with Gasteiger partial charge in [-0.05, 0) is 6.92 Å². The van der Waals surface area contributed by atoms with Crippen molar-refractivity contribution in [3.63, 3.8) is 0 Å². The molecule has 1 aromatic carbocycles. The Kier molecular flexibility index (Phi) is 1.92. The number of benzene rings is 1. The number of aryl methyl sites for hydroxylation is 1. The standard InChI is InChI=1S/C13H8N2O2/c1-7-6-14-10-11(15-7)13(17)9-5-3-2-4-8(9)12(10)16/h2-6H,1H3. The van der Waals surface area contributed by atoms with Gasteiger partial charge in [0, 0.05) is 17.3 Å². The number of hydrogen-bond acceptors (Lipinski definition) is 4. The Morgan fingerprint density at radius 2 is 1.53 bits per heavy atom. The number of fused-ring (bicyclic) bond motifs is 2. The van der Waals surface area contributed by atoms with E-state index < -0.39 is 0 Å². The van der Waals surface area contributed by atoms with Crippen molar-refractivity contribution in [2.24, 2.45) is 0 Å². The van der Waals surface area contributed by atoms with Crippen LogP contribution in [-0.4, -0.2) is 21.5 Å². The molecule has 0 amide bonds. The molecule has 0 unspecified atom stereocenters. The van der Waals surface area contributed by atoms with E-state index in [9.17, 15) is 9.59 Å². The third-order valence-corrected chi connectivity index (χ3v) is 2.74. The van der Waals surface area contributed by atoms with Crippen molar-refractivity contribution >= 4 is 11.6 Å². The van der Waals surface area contributed by atoms with Gasteiger partial charge in [-0.25, -0.2) is 9.97 Å². The van der Waals surface area contributed by atoms with Crippen molar-refractivity contribution < 1.29 is 9.59 Å². The maximum atomic E-state index is 12.2. The van der Waals surface area contributed by atoms with Gasteiger partial charge in [0.2, 0.25) is 11.6 Å². The van der Waals surface area contributed by atoms with Crippen LogP contribution in [-0.2, 0) is 0 Å². The van der Waals surface area contributed by atoms with E-state index in [0.717, 1.165) is 0 Å². The zero-order chi connectivity index (χ0) is 12.0. The average molecular weight is 224 g/mol. The van der Waals surface area contributed by atoms with E-state index in [1.54, 1.807) is 31.2 Å². The minimum absolute atomic E-state index is 0.152. The van der Waals surface area contributed by atoms with Crippen LogP contribution in [0.15, 0.2) is 30.5 Å². The Hall–Kier alpha value is -2.36. The highest BCUT2D eigenvalue weighted by Crippen LogP contribution is 2.24. The predicted octanol–water partition coefficient (Wildman–Crippen LogP) is 1.56. The second-order valence-electron chi connectivity index (χ2n) is 3.91. The van der Waals surface area contributed by atoms with Crippen LogP contribution in [0, 0.1) is 6.92 Å². The Labute approximate surface area is 97.3 Å². The molecule has 0 atom stereocenters. The SMILES string of the molecule is Cc1cnc2c(n1)C(=O)c1ccccc1C2=O. The summed E-state index contributed by atoms with van der Waals surface area (Å²) in [6.07, 6.45) is 1.50. The summed E-state index contributed by atoms with van der Waals surface area (Å²) >= 11 is 0. The molecule has 3 rings (SSSR count). The lowest BCUT2D eigenvalue weighted by Gasteiger charge is -2.15. The molecule has 0 fully saturated rings. The molecule has 0 aliphatic heterocycles. The minimum atomic E-state index is -0.234. The van der Waals surface area contributed by atoms with Crippen LogP contribution in [0.25, 0.3) is 0 Å². The molecule has 0 saturated carbocycles. The van der Waals surface area contributed by atoms with Crippen molar-refractivity contribution in [1.82, 2.24) is 9.97 Å². The summed E-state index contributed by atoms with van der Waals surface area (Å²) in [4.78, 5) is 32.4. The fourth-order valence-corrected chi connectivity index (χ4v) is 1.94. The molecule has 1 aromatic heterocycles. The highest BCUT2D eigenvalue weighted by atomic mass is 16.1. The highest BCUT2D eigenvalue weighted by Gasteiger charge is 2.31. The van der Waals surface area contributed by atoms with E-state index in [1.807, 2.05) is 0 Å². The Bertz CT molecular complexity index is 662. The van der Waals surface area contributed by atoms with Gasteiger partial charge in [-0.1, -0.05) is 24.3 Å². The molecule has 17 heavy (non-hydrogen) atoms. The van der Waals surface area contributed by atoms with Crippen LogP contribution < -0.4 is 0 Å². The largest absolute Gasteiger partial charge is 0.287 e. The number of aromatic nitrogens is 2. The number of rotatable bonds is 0. The zero-order valence-electron chi connectivity index (χ0n) is 9.10. The number of ketones is 2. The van der Waals surface area contributed by atoms with Gasteiger partial charge in [0.05, 0.1) is 5.69 Å². The van der Waals surface area contributed by atoms with E-state index >= 15 is 0 Å². The monoisotopic (exact) mass is 224 g/mol. The van der Waals surface area contributed by atoms with E-state index in [0.29, 0.717) is 16.8 Å². The summed E-state index contributed by atoms with van der Waals surface area (Å²) in [6, 6.07) is 6.75. The zero-order valence-corrected chi connectivity index (χ0v) is 9.10. The molecule has 82 valence electrons. The van der Waals surface area contributed by atoms with Crippen molar-refractivity contribution in [2.75, 3.05) is 0 Å². The molecule has 1 aliphatic rings. The Morgan fingerprint density at radius 3 is 2.18 bits per heavy atom. The molecule has 2 aromatic rings. The number of carbonyl (C=O) groups is 2. The summed E-state index contributed by atoms with van der Waals surface area (Å²) in [5.41, 5.74) is 1.75. The molecular weight excluding hydrogens is 216 g/mol. The number of hydrogen-bond donors (Lipinski definition) is 0. The maximum absolute atomic E-state index is 12.2. The van der Waals surface area contributed by atoms with E-state index in [4.69, 9.17) is 0 Å². The van der Waals surface area contributed by atoms with Crippen LogP contribution >= 0.6 is 0 Å².